The van der Waals surface area contributed by atoms with Gasteiger partial charge in [-0.3, -0.25) is 0 Å². The fourth-order valence-corrected chi connectivity index (χ4v) is 1.65. The molecule has 0 fully saturated rings. The molecule has 0 amide bonds. The summed E-state index contributed by atoms with van der Waals surface area (Å²) in [4.78, 5) is 0. The SMILES string of the molecule is CCCC(C)CNCCCCCCl. The molecule has 80 valence electrons. The lowest BCUT2D eigenvalue weighted by atomic mass is 10.1. The summed E-state index contributed by atoms with van der Waals surface area (Å²) in [5.41, 5.74) is 0. The van der Waals surface area contributed by atoms with Crippen molar-refractivity contribution in [1.82, 2.24) is 5.32 Å². The maximum absolute atomic E-state index is 5.59. The topological polar surface area (TPSA) is 12.0 Å². The summed E-state index contributed by atoms with van der Waals surface area (Å²) in [6.45, 7) is 6.89. The highest BCUT2D eigenvalue weighted by Gasteiger charge is 1.98. The quantitative estimate of drug-likeness (QED) is 0.449. The van der Waals surface area contributed by atoms with Gasteiger partial charge in [-0.25, -0.2) is 0 Å². The van der Waals surface area contributed by atoms with Crippen molar-refractivity contribution in [3.8, 4) is 0 Å². The molecule has 0 aliphatic heterocycles. The first-order valence-electron chi connectivity index (χ1n) is 5.58. The largest absolute Gasteiger partial charge is 0.316 e. The second kappa shape index (κ2) is 10.3. The summed E-state index contributed by atoms with van der Waals surface area (Å²) in [6.07, 6.45) is 6.34. The highest BCUT2D eigenvalue weighted by Crippen LogP contribution is 2.02. The molecule has 0 heterocycles. The van der Waals surface area contributed by atoms with E-state index in [1.165, 1.54) is 32.2 Å². The number of alkyl halides is 1. The number of hydrogen-bond acceptors (Lipinski definition) is 1. The van der Waals surface area contributed by atoms with Crippen LogP contribution in [0.25, 0.3) is 0 Å². The molecule has 0 aromatic carbocycles. The van der Waals surface area contributed by atoms with E-state index in [1.54, 1.807) is 0 Å². The molecule has 0 radical (unpaired) electrons. The number of nitrogens with one attached hydrogen (secondary N) is 1. The summed E-state index contributed by atoms with van der Waals surface area (Å²) in [5.74, 6) is 1.64. The third kappa shape index (κ3) is 10.2. The van der Waals surface area contributed by atoms with Gasteiger partial charge in [-0.1, -0.05) is 26.7 Å². The zero-order chi connectivity index (χ0) is 9.94. The van der Waals surface area contributed by atoms with Crippen LogP contribution in [0, 0.1) is 5.92 Å². The van der Waals surface area contributed by atoms with Crippen LogP contribution in [0.3, 0.4) is 0 Å². The molecule has 1 nitrogen and oxygen atoms in total. The zero-order valence-electron chi connectivity index (χ0n) is 9.11. The Bertz CT molecular complexity index is 96.1. The third-order valence-electron chi connectivity index (χ3n) is 2.26. The number of rotatable bonds is 9. The van der Waals surface area contributed by atoms with E-state index < -0.39 is 0 Å². The molecule has 0 saturated carbocycles. The van der Waals surface area contributed by atoms with Crippen LogP contribution in [0.5, 0.6) is 0 Å². The Morgan fingerprint density at radius 1 is 1.23 bits per heavy atom. The van der Waals surface area contributed by atoms with Crippen molar-refractivity contribution in [1.29, 1.82) is 0 Å². The van der Waals surface area contributed by atoms with E-state index >= 15 is 0 Å². The molecule has 1 atom stereocenters. The average Bonchev–Trinajstić information content (AvgIpc) is 2.11. The van der Waals surface area contributed by atoms with E-state index in [0.29, 0.717) is 0 Å². The van der Waals surface area contributed by atoms with Crippen LogP contribution in [0.2, 0.25) is 0 Å². The lowest BCUT2D eigenvalue weighted by molar-refractivity contribution is 0.470. The summed E-state index contributed by atoms with van der Waals surface area (Å²) >= 11 is 5.59. The molecule has 0 aliphatic rings. The third-order valence-corrected chi connectivity index (χ3v) is 2.53. The van der Waals surface area contributed by atoms with E-state index in [4.69, 9.17) is 11.6 Å². The highest BCUT2D eigenvalue weighted by molar-refractivity contribution is 6.17. The molecule has 0 aromatic rings. The van der Waals surface area contributed by atoms with Gasteiger partial charge in [0.1, 0.15) is 0 Å². The van der Waals surface area contributed by atoms with Gasteiger partial charge in [0.2, 0.25) is 0 Å². The minimum atomic E-state index is 0.812. The minimum Gasteiger partial charge on any atom is -0.316 e. The summed E-state index contributed by atoms with van der Waals surface area (Å²) in [7, 11) is 0. The molecule has 0 saturated heterocycles. The molecule has 0 aliphatic carbocycles. The van der Waals surface area contributed by atoms with Gasteiger partial charge in [-0.05, 0) is 38.3 Å². The zero-order valence-corrected chi connectivity index (χ0v) is 9.87. The van der Waals surface area contributed by atoms with E-state index in [0.717, 1.165) is 24.8 Å². The van der Waals surface area contributed by atoms with Crippen LogP contribution < -0.4 is 5.32 Å². The van der Waals surface area contributed by atoms with Crippen molar-refractivity contribution in [3.63, 3.8) is 0 Å². The van der Waals surface area contributed by atoms with Gasteiger partial charge < -0.3 is 5.32 Å². The predicted molar refractivity (Wildman–Crippen MR) is 61.5 cm³/mol. The fraction of sp³-hybridized carbons (Fsp3) is 1.00. The van der Waals surface area contributed by atoms with E-state index in [1.807, 2.05) is 0 Å². The summed E-state index contributed by atoms with van der Waals surface area (Å²) < 4.78 is 0. The average molecular weight is 206 g/mol. The number of unbranched alkanes of at least 4 members (excludes halogenated alkanes) is 2. The Balaban J connectivity index is 2.97. The smallest absolute Gasteiger partial charge is 0.0223 e. The molecule has 1 N–H and O–H groups in total. The molecule has 0 aromatic heterocycles. The van der Waals surface area contributed by atoms with Crippen molar-refractivity contribution < 1.29 is 0 Å². The van der Waals surface area contributed by atoms with Crippen molar-refractivity contribution in [2.75, 3.05) is 19.0 Å². The monoisotopic (exact) mass is 205 g/mol. The predicted octanol–water partition coefficient (Wildman–Crippen LogP) is 3.42. The van der Waals surface area contributed by atoms with Crippen LogP contribution in [0.15, 0.2) is 0 Å². The molecule has 0 spiro atoms. The van der Waals surface area contributed by atoms with Crippen LogP contribution >= 0.6 is 11.6 Å². The van der Waals surface area contributed by atoms with Gasteiger partial charge in [0.25, 0.3) is 0 Å². The Hall–Kier alpha value is 0.250. The van der Waals surface area contributed by atoms with Gasteiger partial charge in [-0.2, -0.15) is 0 Å². The lowest BCUT2D eigenvalue weighted by Crippen LogP contribution is -2.22. The number of halogens is 1. The molecule has 0 bridgehead atoms. The van der Waals surface area contributed by atoms with Crippen LogP contribution in [0.4, 0.5) is 0 Å². The normalized spacial score (nSPS) is 13.2. The van der Waals surface area contributed by atoms with Crippen molar-refractivity contribution in [2.24, 2.45) is 5.92 Å². The van der Waals surface area contributed by atoms with E-state index in [9.17, 15) is 0 Å². The Kier molecular flexibility index (Phi) is 10.5. The van der Waals surface area contributed by atoms with Crippen LogP contribution in [-0.4, -0.2) is 19.0 Å². The number of hydrogen-bond donors (Lipinski definition) is 1. The second-order valence-corrected chi connectivity index (χ2v) is 4.23. The molecule has 2 heteroatoms. The van der Waals surface area contributed by atoms with Crippen molar-refractivity contribution in [3.05, 3.63) is 0 Å². The Labute approximate surface area is 88.2 Å². The first-order chi connectivity index (χ1) is 6.31. The Morgan fingerprint density at radius 2 is 2.00 bits per heavy atom. The molecular weight excluding hydrogens is 182 g/mol. The lowest BCUT2D eigenvalue weighted by Gasteiger charge is -2.10. The first-order valence-corrected chi connectivity index (χ1v) is 6.11. The van der Waals surface area contributed by atoms with Gasteiger partial charge >= 0.3 is 0 Å². The standard InChI is InChI=1S/C11H24ClN/c1-3-7-11(2)10-13-9-6-4-5-8-12/h11,13H,3-10H2,1-2H3. The molecule has 1 unspecified atom stereocenters. The Morgan fingerprint density at radius 3 is 2.62 bits per heavy atom. The molecular formula is C11H24ClN. The molecule has 13 heavy (non-hydrogen) atoms. The van der Waals surface area contributed by atoms with Gasteiger partial charge in [0, 0.05) is 5.88 Å². The second-order valence-electron chi connectivity index (χ2n) is 3.85. The maximum Gasteiger partial charge on any atom is 0.0223 e. The van der Waals surface area contributed by atoms with E-state index in [2.05, 4.69) is 19.2 Å². The molecule has 0 rings (SSSR count). The van der Waals surface area contributed by atoms with Crippen molar-refractivity contribution >= 4 is 11.6 Å². The van der Waals surface area contributed by atoms with Gasteiger partial charge in [-0.15, -0.1) is 11.6 Å². The first kappa shape index (κ1) is 13.2. The van der Waals surface area contributed by atoms with E-state index in [-0.39, 0.29) is 0 Å². The van der Waals surface area contributed by atoms with Crippen LogP contribution in [-0.2, 0) is 0 Å². The maximum atomic E-state index is 5.59. The van der Waals surface area contributed by atoms with Crippen LogP contribution in [0.1, 0.15) is 46.0 Å². The van der Waals surface area contributed by atoms with Crippen molar-refractivity contribution in [2.45, 2.75) is 46.0 Å². The summed E-state index contributed by atoms with van der Waals surface area (Å²) in [5, 5.41) is 3.49. The minimum absolute atomic E-state index is 0.812. The summed E-state index contributed by atoms with van der Waals surface area (Å²) in [6, 6.07) is 0. The fourth-order valence-electron chi connectivity index (χ4n) is 1.46. The van der Waals surface area contributed by atoms with Gasteiger partial charge in [0.05, 0.1) is 0 Å². The van der Waals surface area contributed by atoms with Gasteiger partial charge in [0.15, 0.2) is 0 Å². The highest BCUT2D eigenvalue weighted by atomic mass is 35.5.